The van der Waals surface area contributed by atoms with Crippen LogP contribution < -0.4 is 19.5 Å². The molecule has 0 unspecified atom stereocenters. The fraction of sp³-hybridized carbons (Fsp3) is 0.360. The van der Waals surface area contributed by atoms with E-state index in [1.54, 1.807) is 25.3 Å². The van der Waals surface area contributed by atoms with Crippen molar-refractivity contribution in [2.75, 3.05) is 26.6 Å². The minimum Gasteiger partial charge on any atom is -0.507 e. The van der Waals surface area contributed by atoms with Crippen molar-refractivity contribution in [1.29, 1.82) is 0 Å². The van der Waals surface area contributed by atoms with Crippen LogP contribution in [0.1, 0.15) is 46.8 Å². The molecular formula is C25H29NO7. The predicted octanol–water partition coefficient (Wildman–Crippen LogP) is 4.30. The summed E-state index contributed by atoms with van der Waals surface area (Å²) in [4.78, 5) is 24.5. The number of carbonyl (C=O) groups is 2. The van der Waals surface area contributed by atoms with E-state index in [0.29, 0.717) is 46.9 Å². The number of esters is 1. The Balaban J connectivity index is 1.67. The number of phenolic OH excluding ortho intramolecular Hbond substituents is 1. The molecule has 1 aliphatic rings. The summed E-state index contributed by atoms with van der Waals surface area (Å²) >= 11 is 0. The zero-order valence-corrected chi connectivity index (χ0v) is 19.5. The average molecular weight is 456 g/mol. The number of allylic oxidation sites excluding steroid dienone is 2. The number of hydrogen-bond acceptors (Lipinski definition) is 7. The number of hydrogen-bond donors (Lipinski definition) is 2. The van der Waals surface area contributed by atoms with Gasteiger partial charge in [-0.1, -0.05) is 11.6 Å². The number of amides is 1. The standard InChI is InChI=1S/C25H29NO7/c1-14(7-11-21(27)26-19-10-8-16(30-3)12-20(19)31-4)6-9-17-23(28)22-18(13-33-25(22)29)15(2)24(17)32-5/h6,8,10,12,28H,7,9,11,13H2,1-5H3,(H,26,27). The molecule has 1 amide bonds. The molecule has 8 nitrogen and oxygen atoms in total. The van der Waals surface area contributed by atoms with Gasteiger partial charge in [-0.25, -0.2) is 4.79 Å². The Hall–Kier alpha value is -3.68. The van der Waals surface area contributed by atoms with Crippen LogP contribution in [-0.4, -0.2) is 38.3 Å². The van der Waals surface area contributed by atoms with Gasteiger partial charge in [0.1, 0.15) is 35.2 Å². The molecule has 33 heavy (non-hydrogen) atoms. The molecule has 176 valence electrons. The van der Waals surface area contributed by atoms with E-state index >= 15 is 0 Å². The number of fused-ring (bicyclic) bond motifs is 1. The molecule has 0 atom stereocenters. The first-order valence-corrected chi connectivity index (χ1v) is 10.6. The van der Waals surface area contributed by atoms with Gasteiger partial charge in [-0.15, -0.1) is 0 Å². The van der Waals surface area contributed by atoms with E-state index < -0.39 is 5.97 Å². The van der Waals surface area contributed by atoms with Crippen LogP contribution >= 0.6 is 0 Å². The third-order valence-corrected chi connectivity index (χ3v) is 5.73. The molecule has 0 saturated heterocycles. The van der Waals surface area contributed by atoms with Crippen LogP contribution in [0.4, 0.5) is 5.69 Å². The number of cyclic esters (lactones) is 1. The zero-order valence-electron chi connectivity index (χ0n) is 19.5. The Morgan fingerprint density at radius 2 is 1.94 bits per heavy atom. The lowest BCUT2D eigenvalue weighted by Crippen LogP contribution is -2.12. The molecule has 0 aromatic heterocycles. The van der Waals surface area contributed by atoms with Crippen molar-refractivity contribution in [2.24, 2.45) is 0 Å². The van der Waals surface area contributed by atoms with Gasteiger partial charge < -0.3 is 29.4 Å². The summed E-state index contributed by atoms with van der Waals surface area (Å²) in [6.07, 6.45) is 3.08. The van der Waals surface area contributed by atoms with Crippen molar-refractivity contribution in [2.45, 2.75) is 39.7 Å². The van der Waals surface area contributed by atoms with Gasteiger partial charge in [-0.2, -0.15) is 0 Å². The van der Waals surface area contributed by atoms with Crippen LogP contribution in [0.3, 0.4) is 0 Å². The quantitative estimate of drug-likeness (QED) is 0.429. The highest BCUT2D eigenvalue weighted by Crippen LogP contribution is 2.42. The maximum atomic E-state index is 12.4. The molecule has 0 spiro atoms. The van der Waals surface area contributed by atoms with Crippen molar-refractivity contribution in [3.05, 3.63) is 52.1 Å². The number of rotatable bonds is 9. The third-order valence-electron chi connectivity index (χ3n) is 5.73. The summed E-state index contributed by atoms with van der Waals surface area (Å²) in [6.45, 7) is 3.89. The Kier molecular flexibility index (Phi) is 7.48. The van der Waals surface area contributed by atoms with Crippen molar-refractivity contribution in [3.8, 4) is 23.0 Å². The van der Waals surface area contributed by atoms with E-state index in [4.69, 9.17) is 18.9 Å². The summed E-state index contributed by atoms with van der Waals surface area (Å²) in [5.41, 5.74) is 3.71. The fourth-order valence-corrected chi connectivity index (χ4v) is 3.83. The van der Waals surface area contributed by atoms with Gasteiger partial charge in [-0.05, 0) is 44.4 Å². The predicted molar refractivity (Wildman–Crippen MR) is 123 cm³/mol. The van der Waals surface area contributed by atoms with Gasteiger partial charge in [0.25, 0.3) is 0 Å². The Bertz CT molecular complexity index is 1100. The second-order valence-electron chi connectivity index (χ2n) is 7.78. The molecule has 1 heterocycles. The number of anilines is 1. The van der Waals surface area contributed by atoms with Gasteiger partial charge in [0.2, 0.25) is 5.91 Å². The van der Waals surface area contributed by atoms with Gasteiger partial charge in [0, 0.05) is 23.6 Å². The lowest BCUT2D eigenvalue weighted by molar-refractivity contribution is -0.116. The minimum atomic E-state index is -0.527. The second-order valence-corrected chi connectivity index (χ2v) is 7.78. The van der Waals surface area contributed by atoms with E-state index in [1.165, 1.54) is 14.2 Å². The normalized spacial score (nSPS) is 12.8. The largest absolute Gasteiger partial charge is 0.507 e. The van der Waals surface area contributed by atoms with E-state index in [2.05, 4.69) is 5.32 Å². The topological polar surface area (TPSA) is 103 Å². The molecular weight excluding hydrogens is 426 g/mol. The van der Waals surface area contributed by atoms with E-state index in [1.807, 2.05) is 19.9 Å². The van der Waals surface area contributed by atoms with Crippen molar-refractivity contribution in [3.63, 3.8) is 0 Å². The highest BCUT2D eigenvalue weighted by Gasteiger charge is 2.31. The van der Waals surface area contributed by atoms with Gasteiger partial charge in [-0.3, -0.25) is 4.79 Å². The first-order valence-electron chi connectivity index (χ1n) is 10.6. The highest BCUT2D eigenvalue weighted by molar-refractivity contribution is 5.98. The van der Waals surface area contributed by atoms with Crippen LogP contribution in [0.2, 0.25) is 0 Å². The number of ether oxygens (including phenoxy) is 4. The molecule has 1 aliphatic heterocycles. The first kappa shape index (κ1) is 24.0. The fourth-order valence-electron chi connectivity index (χ4n) is 3.83. The Morgan fingerprint density at radius 1 is 1.18 bits per heavy atom. The molecule has 0 fully saturated rings. The molecule has 2 aromatic rings. The third kappa shape index (κ3) is 5.05. The minimum absolute atomic E-state index is 0.108. The summed E-state index contributed by atoms with van der Waals surface area (Å²) in [5.74, 6) is 0.908. The van der Waals surface area contributed by atoms with Crippen molar-refractivity contribution >= 4 is 17.6 Å². The highest BCUT2D eigenvalue weighted by atomic mass is 16.5. The lowest BCUT2D eigenvalue weighted by atomic mass is 9.94. The molecule has 3 rings (SSSR count). The van der Waals surface area contributed by atoms with Gasteiger partial charge in [0.05, 0.1) is 27.0 Å². The van der Waals surface area contributed by atoms with Crippen molar-refractivity contribution < 1.29 is 33.6 Å². The van der Waals surface area contributed by atoms with Crippen LogP contribution in [0.5, 0.6) is 23.0 Å². The molecule has 2 aromatic carbocycles. The molecule has 0 saturated carbocycles. The molecule has 0 radical (unpaired) electrons. The van der Waals surface area contributed by atoms with Crippen LogP contribution in [0, 0.1) is 6.92 Å². The van der Waals surface area contributed by atoms with Gasteiger partial charge in [0.15, 0.2) is 0 Å². The van der Waals surface area contributed by atoms with Crippen LogP contribution in [0.25, 0.3) is 0 Å². The second kappa shape index (κ2) is 10.3. The summed E-state index contributed by atoms with van der Waals surface area (Å²) in [5, 5.41) is 13.6. The smallest absolute Gasteiger partial charge is 0.342 e. The van der Waals surface area contributed by atoms with E-state index in [-0.39, 0.29) is 30.2 Å². The first-order chi connectivity index (χ1) is 15.8. The Labute approximate surface area is 193 Å². The maximum absolute atomic E-state index is 12.4. The van der Waals surface area contributed by atoms with Crippen molar-refractivity contribution in [1.82, 2.24) is 0 Å². The molecule has 0 aliphatic carbocycles. The van der Waals surface area contributed by atoms with E-state index in [0.717, 1.165) is 11.1 Å². The number of nitrogens with one attached hydrogen (secondary N) is 1. The Morgan fingerprint density at radius 3 is 2.61 bits per heavy atom. The lowest BCUT2D eigenvalue weighted by Gasteiger charge is -2.15. The number of benzene rings is 2. The van der Waals surface area contributed by atoms with Gasteiger partial charge >= 0.3 is 5.97 Å². The number of aromatic hydroxyl groups is 1. The van der Waals surface area contributed by atoms with E-state index in [9.17, 15) is 14.7 Å². The van der Waals surface area contributed by atoms with Crippen LogP contribution in [0.15, 0.2) is 29.8 Å². The molecule has 0 bridgehead atoms. The summed E-state index contributed by atoms with van der Waals surface area (Å²) < 4.78 is 21.1. The number of carbonyl (C=O) groups excluding carboxylic acids is 2. The number of phenols is 1. The number of methoxy groups -OCH3 is 3. The molecule has 2 N–H and O–H groups in total. The van der Waals surface area contributed by atoms with Crippen LogP contribution in [-0.2, 0) is 22.6 Å². The average Bonchev–Trinajstić information content (AvgIpc) is 3.21. The monoisotopic (exact) mass is 455 g/mol. The molecule has 8 heteroatoms. The zero-order chi connectivity index (χ0) is 24.1. The SMILES string of the molecule is COc1ccc(NC(=O)CCC(C)=CCc2c(O)c3c(c(C)c2OC)COC3=O)c(OC)c1. The maximum Gasteiger partial charge on any atom is 0.342 e. The summed E-state index contributed by atoms with van der Waals surface area (Å²) in [6, 6.07) is 5.18. The summed E-state index contributed by atoms with van der Waals surface area (Å²) in [7, 11) is 4.62.